The molecule has 0 unspecified atom stereocenters. The maximum Gasteiger partial charge on any atom is 0.325 e. The largest absolute Gasteiger partial charge is 0.480 e. The maximum absolute atomic E-state index is 12.2. The highest BCUT2D eigenvalue weighted by atomic mass is 79.9. The van der Waals surface area contributed by atoms with Crippen molar-refractivity contribution in [2.24, 2.45) is 0 Å². The number of hydrogen-bond acceptors (Lipinski definition) is 4. The second-order valence-electron chi connectivity index (χ2n) is 4.67. The number of carboxylic acid groups (broad SMARTS) is 1. The summed E-state index contributed by atoms with van der Waals surface area (Å²) in [6, 6.07) is 5.13. The van der Waals surface area contributed by atoms with Crippen LogP contribution >= 0.6 is 15.9 Å². The lowest BCUT2D eigenvalue weighted by molar-refractivity contribution is -0.138. The summed E-state index contributed by atoms with van der Waals surface area (Å²) >= 11 is 3.35. The number of nitrogens with zero attached hydrogens (tertiary/aromatic N) is 2. The average molecular weight is 339 g/mol. The molecule has 1 aromatic carbocycles. The molecule has 1 saturated carbocycles. The Hall–Kier alpha value is -1.89. The van der Waals surface area contributed by atoms with Gasteiger partial charge in [0.2, 0.25) is 5.88 Å². The SMILES string of the molecule is O=C(O)Cn1nc(OC2CC2)c2cc(Br)ccc2c1=O. The fourth-order valence-electron chi connectivity index (χ4n) is 1.89. The van der Waals surface area contributed by atoms with Crippen LogP contribution in [-0.4, -0.2) is 27.0 Å². The molecule has 2 aromatic rings. The fraction of sp³-hybridized carbons (Fsp3) is 0.308. The van der Waals surface area contributed by atoms with E-state index >= 15 is 0 Å². The number of aromatic nitrogens is 2. The van der Waals surface area contributed by atoms with E-state index in [0.29, 0.717) is 16.7 Å². The zero-order valence-corrected chi connectivity index (χ0v) is 12.0. The highest BCUT2D eigenvalue weighted by Crippen LogP contribution is 2.30. The smallest absolute Gasteiger partial charge is 0.325 e. The molecule has 1 aromatic heterocycles. The van der Waals surface area contributed by atoms with Gasteiger partial charge in [-0.25, -0.2) is 4.68 Å². The van der Waals surface area contributed by atoms with E-state index in [1.165, 1.54) is 0 Å². The number of aliphatic carboxylic acids is 1. The molecule has 0 bridgehead atoms. The number of hydrogen-bond donors (Lipinski definition) is 1. The van der Waals surface area contributed by atoms with Crippen molar-refractivity contribution < 1.29 is 14.6 Å². The van der Waals surface area contributed by atoms with Crippen molar-refractivity contribution in [1.82, 2.24) is 9.78 Å². The fourth-order valence-corrected chi connectivity index (χ4v) is 2.26. The van der Waals surface area contributed by atoms with Crippen LogP contribution in [0.25, 0.3) is 10.8 Å². The topological polar surface area (TPSA) is 81.4 Å². The predicted octanol–water partition coefficient (Wildman–Crippen LogP) is 1.78. The van der Waals surface area contributed by atoms with Gasteiger partial charge in [0.25, 0.3) is 5.56 Å². The third-order valence-electron chi connectivity index (χ3n) is 2.98. The van der Waals surface area contributed by atoms with Crippen molar-refractivity contribution in [3.8, 4) is 5.88 Å². The lowest BCUT2D eigenvalue weighted by Crippen LogP contribution is -2.27. The molecular weight excluding hydrogens is 328 g/mol. The zero-order chi connectivity index (χ0) is 14.3. The predicted molar refractivity (Wildman–Crippen MR) is 75.0 cm³/mol. The molecule has 0 spiro atoms. The maximum atomic E-state index is 12.2. The Morgan fingerprint density at radius 3 is 2.85 bits per heavy atom. The number of carboxylic acids is 1. The van der Waals surface area contributed by atoms with Gasteiger partial charge in [-0.1, -0.05) is 15.9 Å². The number of benzene rings is 1. The molecule has 1 fully saturated rings. The van der Waals surface area contributed by atoms with Gasteiger partial charge >= 0.3 is 5.97 Å². The Kier molecular flexibility index (Phi) is 3.21. The van der Waals surface area contributed by atoms with Gasteiger partial charge in [-0.2, -0.15) is 0 Å². The molecule has 0 aliphatic heterocycles. The Bertz CT molecular complexity index is 752. The molecule has 104 valence electrons. The molecule has 0 atom stereocenters. The summed E-state index contributed by atoms with van der Waals surface area (Å²) in [6.45, 7) is -0.480. The molecule has 7 heteroatoms. The summed E-state index contributed by atoms with van der Waals surface area (Å²) in [6.07, 6.45) is 2.02. The molecule has 0 saturated heterocycles. The van der Waals surface area contributed by atoms with E-state index in [2.05, 4.69) is 21.0 Å². The van der Waals surface area contributed by atoms with Crippen molar-refractivity contribution in [1.29, 1.82) is 0 Å². The van der Waals surface area contributed by atoms with Gasteiger partial charge in [0, 0.05) is 4.47 Å². The molecule has 0 radical (unpaired) electrons. The third kappa shape index (κ3) is 2.53. The normalized spacial score (nSPS) is 14.4. The van der Waals surface area contributed by atoms with Crippen molar-refractivity contribution in [3.05, 3.63) is 33.0 Å². The van der Waals surface area contributed by atoms with Gasteiger partial charge in [-0.05, 0) is 31.0 Å². The summed E-state index contributed by atoms with van der Waals surface area (Å²) in [5, 5.41) is 13.9. The van der Waals surface area contributed by atoms with Crippen LogP contribution in [0.1, 0.15) is 12.8 Å². The van der Waals surface area contributed by atoms with E-state index in [-0.39, 0.29) is 6.10 Å². The van der Waals surface area contributed by atoms with E-state index in [9.17, 15) is 9.59 Å². The third-order valence-corrected chi connectivity index (χ3v) is 3.47. The first kappa shape index (κ1) is 13.1. The zero-order valence-electron chi connectivity index (χ0n) is 10.4. The molecule has 0 amide bonds. The van der Waals surface area contributed by atoms with Gasteiger partial charge in [0.05, 0.1) is 10.8 Å². The summed E-state index contributed by atoms with van der Waals surface area (Å²) in [5.41, 5.74) is -0.432. The van der Waals surface area contributed by atoms with Gasteiger partial charge < -0.3 is 9.84 Å². The highest BCUT2D eigenvalue weighted by molar-refractivity contribution is 9.10. The van der Waals surface area contributed by atoms with Gasteiger partial charge in [0.15, 0.2) is 0 Å². The van der Waals surface area contributed by atoms with E-state index in [1.807, 2.05) is 0 Å². The Balaban J connectivity index is 2.21. The average Bonchev–Trinajstić information content (AvgIpc) is 3.18. The van der Waals surface area contributed by atoms with Crippen LogP contribution < -0.4 is 10.3 Å². The Morgan fingerprint density at radius 1 is 1.45 bits per heavy atom. The van der Waals surface area contributed by atoms with Gasteiger partial charge in [0.1, 0.15) is 12.6 Å². The molecule has 6 nitrogen and oxygen atoms in total. The molecule has 1 aliphatic rings. The minimum absolute atomic E-state index is 0.112. The van der Waals surface area contributed by atoms with Crippen LogP contribution in [0.5, 0.6) is 5.88 Å². The van der Waals surface area contributed by atoms with Crippen LogP contribution in [0.4, 0.5) is 0 Å². The second-order valence-corrected chi connectivity index (χ2v) is 5.58. The minimum Gasteiger partial charge on any atom is -0.480 e. The first-order chi connectivity index (χ1) is 9.54. The molecule has 1 N–H and O–H groups in total. The number of fused-ring (bicyclic) bond motifs is 1. The minimum atomic E-state index is -1.12. The number of halogens is 1. The molecule has 20 heavy (non-hydrogen) atoms. The van der Waals surface area contributed by atoms with Crippen LogP contribution in [0.15, 0.2) is 27.5 Å². The van der Waals surface area contributed by atoms with Crippen molar-refractivity contribution >= 4 is 32.7 Å². The molecular formula is C13H11BrN2O4. The van der Waals surface area contributed by atoms with Gasteiger partial charge in [-0.3, -0.25) is 9.59 Å². The second kappa shape index (κ2) is 4.90. The Labute approximate surface area is 122 Å². The summed E-state index contributed by atoms with van der Waals surface area (Å²) < 4.78 is 7.42. The van der Waals surface area contributed by atoms with Crippen molar-refractivity contribution in [2.75, 3.05) is 0 Å². The number of carbonyl (C=O) groups is 1. The molecule has 1 aliphatic carbocycles. The summed E-state index contributed by atoms with van der Waals surface area (Å²) in [7, 11) is 0. The van der Waals surface area contributed by atoms with Gasteiger partial charge in [-0.15, -0.1) is 5.10 Å². The van der Waals surface area contributed by atoms with Crippen LogP contribution in [0.2, 0.25) is 0 Å². The van der Waals surface area contributed by atoms with E-state index in [0.717, 1.165) is 22.0 Å². The quantitative estimate of drug-likeness (QED) is 0.918. The van der Waals surface area contributed by atoms with Crippen LogP contribution in [-0.2, 0) is 11.3 Å². The first-order valence-corrected chi connectivity index (χ1v) is 6.93. The monoisotopic (exact) mass is 338 g/mol. The van der Waals surface area contributed by atoms with E-state index in [1.54, 1.807) is 18.2 Å². The van der Waals surface area contributed by atoms with Crippen molar-refractivity contribution in [2.45, 2.75) is 25.5 Å². The van der Waals surface area contributed by atoms with Crippen molar-refractivity contribution in [3.63, 3.8) is 0 Å². The summed E-state index contributed by atoms with van der Waals surface area (Å²) in [5.74, 6) is -0.807. The lowest BCUT2D eigenvalue weighted by atomic mass is 10.2. The lowest BCUT2D eigenvalue weighted by Gasteiger charge is -2.10. The molecule has 1 heterocycles. The standard InChI is InChI=1S/C13H11BrN2O4/c14-7-1-4-9-10(5-7)12(20-8-2-3-8)15-16(13(9)19)6-11(17)18/h1,4-5,8H,2-3,6H2,(H,17,18). The highest BCUT2D eigenvalue weighted by Gasteiger charge is 2.26. The number of rotatable bonds is 4. The summed E-state index contributed by atoms with van der Waals surface area (Å²) in [4.78, 5) is 23.0. The molecule has 3 rings (SSSR count). The van der Waals surface area contributed by atoms with E-state index in [4.69, 9.17) is 9.84 Å². The van der Waals surface area contributed by atoms with Crippen LogP contribution in [0, 0.1) is 0 Å². The van der Waals surface area contributed by atoms with E-state index < -0.39 is 18.1 Å². The first-order valence-electron chi connectivity index (χ1n) is 6.13. The number of ether oxygens (including phenoxy) is 1. The Morgan fingerprint density at radius 2 is 2.20 bits per heavy atom. The van der Waals surface area contributed by atoms with Crippen LogP contribution in [0.3, 0.4) is 0 Å².